The molecule has 3 aromatic rings. The first-order valence-corrected chi connectivity index (χ1v) is 11.9. The number of urea groups is 1. The summed E-state index contributed by atoms with van der Waals surface area (Å²) in [5.74, 6) is 0.156. The van der Waals surface area contributed by atoms with Gasteiger partial charge in [-0.2, -0.15) is 10.2 Å². The van der Waals surface area contributed by atoms with Crippen molar-refractivity contribution in [3.05, 3.63) is 101 Å². The number of fused-ring (bicyclic) bond motifs is 3. The van der Waals surface area contributed by atoms with Crippen LogP contribution in [0.1, 0.15) is 45.9 Å². The second-order valence-electron chi connectivity index (χ2n) is 8.67. The lowest BCUT2D eigenvalue weighted by Gasteiger charge is -2.12. The van der Waals surface area contributed by atoms with Gasteiger partial charge in [0.15, 0.2) is 5.78 Å². The maximum Gasteiger partial charge on any atom is 0.337 e. The maximum absolute atomic E-state index is 13.4. The zero-order valence-corrected chi connectivity index (χ0v) is 20.2. The number of aryl methyl sites for hydroxylation is 1. The number of ketones is 1. The Balaban J connectivity index is 1.23. The molecule has 37 heavy (non-hydrogen) atoms. The minimum atomic E-state index is -0.652. The fourth-order valence-electron chi connectivity index (χ4n) is 4.50. The molecule has 1 aliphatic heterocycles. The molecule has 5 rings (SSSR count). The van der Waals surface area contributed by atoms with E-state index in [1.165, 1.54) is 0 Å². The van der Waals surface area contributed by atoms with Crippen molar-refractivity contribution in [2.75, 3.05) is 12.4 Å². The fraction of sp³-hybridized carbons (Fsp3) is 0.179. The molecule has 2 aliphatic rings. The zero-order valence-electron chi connectivity index (χ0n) is 20.2. The van der Waals surface area contributed by atoms with Gasteiger partial charge in [-0.05, 0) is 54.3 Å². The number of rotatable bonds is 7. The van der Waals surface area contributed by atoms with Gasteiger partial charge in [-0.25, -0.2) is 10.2 Å². The summed E-state index contributed by atoms with van der Waals surface area (Å²) in [7, 11) is 1.58. The van der Waals surface area contributed by atoms with E-state index < -0.39 is 12.1 Å². The van der Waals surface area contributed by atoms with Crippen LogP contribution in [-0.4, -0.2) is 24.8 Å². The quantitative estimate of drug-likeness (QED) is 0.400. The van der Waals surface area contributed by atoms with Gasteiger partial charge in [0.25, 0.3) is 0 Å². The largest absolute Gasteiger partial charge is 0.497 e. The first-order valence-electron chi connectivity index (χ1n) is 11.9. The van der Waals surface area contributed by atoms with Crippen molar-refractivity contribution in [2.24, 2.45) is 10.2 Å². The van der Waals surface area contributed by atoms with Crippen LogP contribution >= 0.6 is 0 Å². The minimum Gasteiger partial charge on any atom is -0.497 e. The zero-order chi connectivity index (χ0) is 25.8. The molecular weight excluding hydrogens is 470 g/mol. The molecule has 3 amide bonds. The second-order valence-corrected chi connectivity index (χ2v) is 8.67. The number of hydrogen-bond acceptors (Lipinski definition) is 6. The topological polar surface area (TPSA) is 121 Å². The number of methoxy groups -OCH3 is 1. The van der Waals surface area contributed by atoms with Crippen molar-refractivity contribution in [3.8, 4) is 5.75 Å². The molecule has 9 nitrogen and oxygen atoms in total. The summed E-state index contributed by atoms with van der Waals surface area (Å²) < 4.78 is 5.21. The molecule has 1 aliphatic carbocycles. The van der Waals surface area contributed by atoms with Crippen molar-refractivity contribution >= 4 is 29.1 Å². The molecule has 3 aromatic carbocycles. The monoisotopic (exact) mass is 495 g/mol. The summed E-state index contributed by atoms with van der Waals surface area (Å²) in [4.78, 5) is 38.1. The standard InChI is InChI=1S/C28H25N5O4/c1-37-19-15-13-18(14-16-19)25-24-26(32-31-25)20-10-6-11-21(23(20)27(24)35)29-28(36)33-30-22(34)12-5-9-17-7-3-2-4-8-17/h2-4,6-8,10-11,13-16,26H,5,9,12H2,1H3,(H,30,34)(H2,29,33,36). The number of carbonyl (C=O) groups excluding carboxylic acids is 3. The molecule has 3 N–H and O–H groups in total. The van der Waals surface area contributed by atoms with Gasteiger partial charge in [0.1, 0.15) is 17.5 Å². The Kier molecular flexibility index (Phi) is 6.76. The molecule has 186 valence electrons. The summed E-state index contributed by atoms with van der Waals surface area (Å²) in [5.41, 5.74) is 9.03. The summed E-state index contributed by atoms with van der Waals surface area (Å²) in [6, 6.07) is 21.1. The SMILES string of the molecule is COc1ccc(C2=C3C(=O)c4c(NC(=O)NNC(=O)CCCc5ccccc5)cccc4C3N=N2)cc1. The van der Waals surface area contributed by atoms with Crippen LogP contribution < -0.4 is 20.9 Å². The third kappa shape index (κ3) is 4.97. The lowest BCUT2D eigenvalue weighted by Crippen LogP contribution is -2.44. The molecule has 0 spiro atoms. The van der Waals surface area contributed by atoms with Crippen LogP contribution in [0.25, 0.3) is 5.70 Å². The molecule has 9 heteroatoms. The van der Waals surface area contributed by atoms with Crippen molar-refractivity contribution in [2.45, 2.75) is 25.3 Å². The number of benzene rings is 3. The Morgan fingerprint density at radius 3 is 2.49 bits per heavy atom. The van der Waals surface area contributed by atoms with Crippen LogP contribution in [-0.2, 0) is 11.2 Å². The van der Waals surface area contributed by atoms with E-state index in [9.17, 15) is 14.4 Å². The number of nitrogens with zero attached hydrogens (tertiary/aromatic N) is 2. The number of hydrazine groups is 1. The van der Waals surface area contributed by atoms with E-state index in [-0.39, 0.29) is 18.1 Å². The fourth-order valence-corrected chi connectivity index (χ4v) is 4.50. The average Bonchev–Trinajstić information content (AvgIpc) is 3.48. The Morgan fingerprint density at radius 2 is 1.73 bits per heavy atom. The van der Waals surface area contributed by atoms with Crippen LogP contribution in [0.3, 0.4) is 0 Å². The van der Waals surface area contributed by atoms with Gasteiger partial charge in [0.05, 0.1) is 23.9 Å². The Hall–Kier alpha value is -4.79. The minimum absolute atomic E-state index is 0.239. The highest BCUT2D eigenvalue weighted by molar-refractivity contribution is 6.22. The average molecular weight is 496 g/mol. The van der Waals surface area contributed by atoms with Gasteiger partial charge in [-0.15, -0.1) is 0 Å². The number of carbonyl (C=O) groups is 3. The van der Waals surface area contributed by atoms with Crippen LogP contribution in [0.5, 0.6) is 5.75 Å². The number of azo groups is 1. The van der Waals surface area contributed by atoms with Crippen molar-refractivity contribution < 1.29 is 19.1 Å². The number of ether oxygens (including phenoxy) is 1. The molecule has 0 saturated carbocycles. The Bertz CT molecular complexity index is 1410. The van der Waals surface area contributed by atoms with E-state index in [1.807, 2.05) is 42.5 Å². The van der Waals surface area contributed by atoms with Gasteiger partial charge in [0.2, 0.25) is 5.91 Å². The second kappa shape index (κ2) is 10.4. The lowest BCUT2D eigenvalue weighted by atomic mass is 10.0. The highest BCUT2D eigenvalue weighted by Gasteiger charge is 2.42. The van der Waals surface area contributed by atoms with Crippen molar-refractivity contribution in [1.29, 1.82) is 0 Å². The molecule has 0 aromatic heterocycles. The van der Waals surface area contributed by atoms with E-state index in [0.717, 1.165) is 17.5 Å². The molecule has 1 unspecified atom stereocenters. The van der Waals surface area contributed by atoms with Gasteiger partial charge in [0, 0.05) is 12.0 Å². The summed E-state index contributed by atoms with van der Waals surface area (Å²) >= 11 is 0. The molecule has 1 atom stereocenters. The summed E-state index contributed by atoms with van der Waals surface area (Å²) in [5, 5.41) is 11.3. The van der Waals surface area contributed by atoms with Gasteiger partial charge >= 0.3 is 6.03 Å². The molecule has 0 bridgehead atoms. The highest BCUT2D eigenvalue weighted by Crippen LogP contribution is 2.48. The van der Waals surface area contributed by atoms with E-state index in [0.29, 0.717) is 40.3 Å². The lowest BCUT2D eigenvalue weighted by molar-refractivity contribution is -0.121. The van der Waals surface area contributed by atoms with E-state index in [4.69, 9.17) is 4.74 Å². The number of Topliss-reactive ketones (excluding diaryl/α,β-unsaturated/α-hetero) is 1. The Morgan fingerprint density at radius 1 is 0.946 bits per heavy atom. The predicted molar refractivity (Wildman–Crippen MR) is 138 cm³/mol. The first kappa shape index (κ1) is 23.9. The van der Waals surface area contributed by atoms with Crippen LogP contribution in [0.4, 0.5) is 10.5 Å². The van der Waals surface area contributed by atoms with Crippen molar-refractivity contribution in [1.82, 2.24) is 10.9 Å². The number of anilines is 1. The molecule has 0 saturated heterocycles. The van der Waals surface area contributed by atoms with Crippen molar-refractivity contribution in [3.63, 3.8) is 0 Å². The molecule has 0 radical (unpaired) electrons. The third-order valence-electron chi connectivity index (χ3n) is 6.30. The van der Waals surface area contributed by atoms with Crippen LogP contribution in [0.2, 0.25) is 0 Å². The highest BCUT2D eigenvalue weighted by atomic mass is 16.5. The number of hydrogen-bond donors (Lipinski definition) is 3. The van der Waals surface area contributed by atoms with E-state index in [1.54, 1.807) is 37.4 Å². The van der Waals surface area contributed by atoms with E-state index >= 15 is 0 Å². The third-order valence-corrected chi connectivity index (χ3v) is 6.30. The molecular formula is C28H25N5O4. The van der Waals surface area contributed by atoms with Gasteiger partial charge in [-0.3, -0.25) is 15.0 Å². The van der Waals surface area contributed by atoms with Crippen LogP contribution in [0.15, 0.2) is 88.6 Å². The first-order chi connectivity index (χ1) is 18.0. The summed E-state index contributed by atoms with van der Waals surface area (Å²) in [6.07, 6.45) is 1.69. The molecule has 1 heterocycles. The van der Waals surface area contributed by atoms with Crippen LogP contribution in [0, 0.1) is 0 Å². The number of nitrogens with one attached hydrogen (secondary N) is 3. The van der Waals surface area contributed by atoms with Gasteiger partial charge < -0.3 is 10.1 Å². The Labute approximate surface area is 213 Å². The molecule has 0 fully saturated rings. The maximum atomic E-state index is 13.4. The smallest absolute Gasteiger partial charge is 0.337 e. The number of amides is 3. The van der Waals surface area contributed by atoms with E-state index in [2.05, 4.69) is 26.4 Å². The normalized spacial score (nSPS) is 15.3. The predicted octanol–water partition coefficient (Wildman–Crippen LogP) is 4.99. The summed E-state index contributed by atoms with van der Waals surface area (Å²) in [6.45, 7) is 0. The van der Waals surface area contributed by atoms with Gasteiger partial charge in [-0.1, -0.05) is 42.5 Å².